The van der Waals surface area contributed by atoms with Crippen molar-refractivity contribution < 1.29 is 0 Å². The summed E-state index contributed by atoms with van der Waals surface area (Å²) in [6.07, 6.45) is 6.02. The minimum atomic E-state index is -0.286. The average molecular weight is 255 g/mol. The summed E-state index contributed by atoms with van der Waals surface area (Å²) >= 11 is 6.15. The highest BCUT2D eigenvalue weighted by molar-refractivity contribution is 6.31. The number of hydrogen-bond donors (Lipinski definition) is 3. The van der Waals surface area contributed by atoms with E-state index < -0.39 is 0 Å². The molecule has 0 bridgehead atoms. The second-order valence-corrected chi connectivity index (χ2v) is 4.08. The number of aryl methyl sites for hydroxylation is 1. The van der Waals surface area contributed by atoms with Crippen LogP contribution >= 0.6 is 11.6 Å². The molecule has 92 valence electrons. The van der Waals surface area contributed by atoms with Crippen LogP contribution in [0.1, 0.15) is 30.9 Å². The molecule has 0 aliphatic heterocycles. The maximum absolute atomic E-state index is 6.15. The topological polar surface area (TPSA) is 84.6 Å². The fourth-order valence-corrected chi connectivity index (χ4v) is 2.02. The molecule has 2 aromatic rings. The highest BCUT2D eigenvalue weighted by Gasteiger charge is 2.22. The van der Waals surface area contributed by atoms with E-state index in [1.165, 1.54) is 0 Å². The first-order chi connectivity index (χ1) is 8.27. The van der Waals surface area contributed by atoms with Gasteiger partial charge in [0, 0.05) is 18.9 Å². The van der Waals surface area contributed by atoms with E-state index in [-0.39, 0.29) is 6.04 Å². The van der Waals surface area contributed by atoms with Gasteiger partial charge in [-0.05, 0) is 6.42 Å². The Balaban J connectivity index is 2.39. The van der Waals surface area contributed by atoms with Crippen LogP contribution < -0.4 is 11.3 Å². The minimum absolute atomic E-state index is 0.286. The van der Waals surface area contributed by atoms with Gasteiger partial charge in [0.25, 0.3) is 0 Å². The summed E-state index contributed by atoms with van der Waals surface area (Å²) in [5.74, 6) is 6.29. The van der Waals surface area contributed by atoms with Crippen LogP contribution in [-0.4, -0.2) is 19.7 Å². The van der Waals surface area contributed by atoms with Gasteiger partial charge in [0.15, 0.2) is 0 Å². The number of rotatable bonds is 5. The van der Waals surface area contributed by atoms with Gasteiger partial charge in [-0.15, -0.1) is 0 Å². The van der Waals surface area contributed by atoms with Crippen LogP contribution in [-0.2, 0) is 6.54 Å². The van der Waals surface area contributed by atoms with E-state index in [1.807, 2.05) is 4.68 Å². The number of aromatic amines is 1. The molecule has 2 rings (SSSR count). The monoisotopic (exact) mass is 254 g/mol. The molecule has 0 fully saturated rings. The van der Waals surface area contributed by atoms with Gasteiger partial charge in [0.2, 0.25) is 0 Å². The maximum Gasteiger partial charge on any atom is 0.130 e. The zero-order valence-electron chi connectivity index (χ0n) is 9.52. The highest BCUT2D eigenvalue weighted by Crippen LogP contribution is 2.25. The zero-order valence-corrected chi connectivity index (χ0v) is 10.3. The molecule has 0 saturated carbocycles. The minimum Gasteiger partial charge on any atom is -0.347 e. The van der Waals surface area contributed by atoms with E-state index in [1.54, 1.807) is 18.6 Å². The normalized spacial score (nSPS) is 12.9. The Hall–Kier alpha value is -1.37. The Kier molecular flexibility index (Phi) is 3.78. The van der Waals surface area contributed by atoms with E-state index in [0.29, 0.717) is 10.8 Å². The van der Waals surface area contributed by atoms with Gasteiger partial charge in [-0.25, -0.2) is 10.4 Å². The van der Waals surface area contributed by atoms with Gasteiger partial charge in [0.05, 0.1) is 16.9 Å². The Bertz CT molecular complexity index is 463. The lowest BCUT2D eigenvalue weighted by Gasteiger charge is -2.16. The quantitative estimate of drug-likeness (QED) is 0.553. The Morgan fingerprint density at radius 1 is 1.65 bits per heavy atom. The first kappa shape index (κ1) is 12.1. The molecule has 0 saturated heterocycles. The Morgan fingerprint density at radius 3 is 3.06 bits per heavy atom. The van der Waals surface area contributed by atoms with Gasteiger partial charge in [-0.1, -0.05) is 18.5 Å². The Morgan fingerprint density at radius 2 is 2.47 bits per heavy atom. The van der Waals surface area contributed by atoms with E-state index in [4.69, 9.17) is 17.4 Å². The van der Waals surface area contributed by atoms with E-state index in [0.717, 1.165) is 18.7 Å². The van der Waals surface area contributed by atoms with Crippen molar-refractivity contribution in [1.82, 2.24) is 25.2 Å². The predicted octanol–water partition coefficient (Wildman–Crippen LogP) is 1.22. The summed E-state index contributed by atoms with van der Waals surface area (Å²) in [6, 6.07) is -0.286. The van der Waals surface area contributed by atoms with Crippen molar-refractivity contribution in [2.45, 2.75) is 25.9 Å². The lowest BCUT2D eigenvalue weighted by Crippen LogP contribution is -2.31. The number of imidazole rings is 1. The van der Waals surface area contributed by atoms with Gasteiger partial charge in [-0.3, -0.25) is 10.5 Å². The van der Waals surface area contributed by atoms with Crippen LogP contribution in [0.15, 0.2) is 18.6 Å². The summed E-state index contributed by atoms with van der Waals surface area (Å²) in [5, 5.41) is 4.81. The molecule has 1 atom stereocenters. The first-order valence-corrected chi connectivity index (χ1v) is 5.82. The van der Waals surface area contributed by atoms with Crippen LogP contribution in [0.3, 0.4) is 0 Å². The number of nitrogens with zero attached hydrogens (tertiary/aromatic N) is 3. The molecule has 0 amide bonds. The fourth-order valence-electron chi connectivity index (χ4n) is 1.77. The molecule has 0 aliphatic rings. The lowest BCUT2D eigenvalue weighted by atomic mass is 10.2. The molecule has 2 heterocycles. The van der Waals surface area contributed by atoms with Crippen molar-refractivity contribution in [3.63, 3.8) is 0 Å². The summed E-state index contributed by atoms with van der Waals surface area (Å²) in [5.41, 5.74) is 3.53. The largest absolute Gasteiger partial charge is 0.347 e. The van der Waals surface area contributed by atoms with Crippen LogP contribution in [0.25, 0.3) is 0 Å². The molecule has 4 N–H and O–H groups in total. The summed E-state index contributed by atoms with van der Waals surface area (Å²) in [7, 11) is 0. The second-order valence-electron chi connectivity index (χ2n) is 3.67. The van der Waals surface area contributed by atoms with Crippen molar-refractivity contribution in [2.24, 2.45) is 5.84 Å². The lowest BCUT2D eigenvalue weighted by molar-refractivity contribution is 0.510. The van der Waals surface area contributed by atoms with Gasteiger partial charge < -0.3 is 4.98 Å². The average Bonchev–Trinajstić information content (AvgIpc) is 2.94. The highest BCUT2D eigenvalue weighted by atomic mass is 35.5. The molecular formula is C10H15ClN6. The van der Waals surface area contributed by atoms with E-state index in [2.05, 4.69) is 27.4 Å². The molecule has 0 aromatic carbocycles. The molecule has 2 aromatic heterocycles. The second kappa shape index (κ2) is 5.31. The first-order valence-electron chi connectivity index (χ1n) is 5.44. The van der Waals surface area contributed by atoms with Crippen LogP contribution in [0, 0.1) is 0 Å². The number of hydrogen-bond acceptors (Lipinski definition) is 4. The van der Waals surface area contributed by atoms with Crippen molar-refractivity contribution >= 4 is 11.6 Å². The molecule has 1 unspecified atom stereocenters. The third-order valence-electron chi connectivity index (χ3n) is 2.50. The molecule has 0 aliphatic carbocycles. The molecule has 7 heteroatoms. The SMILES string of the molecule is CCCn1ncc(Cl)c1C(NN)c1ncc[nH]1. The third-order valence-corrected chi connectivity index (χ3v) is 2.79. The number of nitrogens with two attached hydrogens (primary N) is 1. The maximum atomic E-state index is 6.15. The molecule has 6 nitrogen and oxygen atoms in total. The van der Waals surface area contributed by atoms with Crippen molar-refractivity contribution in [3.05, 3.63) is 35.1 Å². The summed E-state index contributed by atoms with van der Waals surface area (Å²) in [4.78, 5) is 7.21. The molecular weight excluding hydrogens is 240 g/mol. The van der Waals surface area contributed by atoms with Gasteiger partial charge in [0.1, 0.15) is 11.9 Å². The summed E-state index contributed by atoms with van der Waals surface area (Å²) < 4.78 is 1.84. The van der Waals surface area contributed by atoms with Crippen molar-refractivity contribution in [2.75, 3.05) is 0 Å². The summed E-state index contributed by atoms with van der Waals surface area (Å²) in [6.45, 7) is 2.87. The van der Waals surface area contributed by atoms with Gasteiger partial charge in [-0.2, -0.15) is 5.10 Å². The number of halogens is 1. The van der Waals surface area contributed by atoms with Gasteiger partial charge >= 0.3 is 0 Å². The van der Waals surface area contributed by atoms with E-state index >= 15 is 0 Å². The number of hydrazine groups is 1. The fraction of sp³-hybridized carbons (Fsp3) is 0.400. The molecule has 17 heavy (non-hydrogen) atoms. The van der Waals surface area contributed by atoms with Crippen LogP contribution in [0.2, 0.25) is 5.02 Å². The molecule has 0 spiro atoms. The standard InChI is InChI=1S/C10H15ClN6/c1-2-5-17-9(7(11)6-15-17)8(16-12)10-13-3-4-14-10/h3-4,6,8,16H,2,5,12H2,1H3,(H,13,14). The van der Waals surface area contributed by atoms with Crippen molar-refractivity contribution in [1.29, 1.82) is 0 Å². The molecule has 0 radical (unpaired) electrons. The number of aromatic nitrogens is 4. The zero-order chi connectivity index (χ0) is 12.3. The van der Waals surface area contributed by atoms with Crippen molar-refractivity contribution in [3.8, 4) is 0 Å². The van der Waals surface area contributed by atoms with Crippen LogP contribution in [0.5, 0.6) is 0 Å². The third kappa shape index (κ3) is 2.33. The smallest absolute Gasteiger partial charge is 0.130 e. The van der Waals surface area contributed by atoms with E-state index in [9.17, 15) is 0 Å². The predicted molar refractivity (Wildman–Crippen MR) is 65.3 cm³/mol. The number of nitrogens with one attached hydrogen (secondary N) is 2. The van der Waals surface area contributed by atoms with Crippen LogP contribution in [0.4, 0.5) is 0 Å². The Labute approximate surface area is 104 Å². The number of H-pyrrole nitrogens is 1.